The molecule has 2 fully saturated rings. The highest BCUT2D eigenvalue weighted by Crippen LogP contribution is 2.22. The molecule has 0 unspecified atom stereocenters. The van der Waals surface area contributed by atoms with Crippen LogP contribution in [0.3, 0.4) is 0 Å². The fraction of sp³-hybridized carbons (Fsp3) is 0.381. The molecule has 0 bridgehead atoms. The number of halogens is 1. The SMILES string of the molecule is O=C(CN1CCN(c2ccc(Cl)cc2)C1=O)N1CCN(Cc2cccnc2)CC1. The van der Waals surface area contributed by atoms with Crippen molar-refractivity contribution in [2.24, 2.45) is 0 Å². The van der Waals surface area contributed by atoms with E-state index in [9.17, 15) is 9.59 Å². The van der Waals surface area contributed by atoms with E-state index in [0.717, 1.165) is 25.3 Å². The van der Waals surface area contributed by atoms with E-state index in [1.54, 1.807) is 28.1 Å². The van der Waals surface area contributed by atoms with Crippen molar-refractivity contribution in [1.29, 1.82) is 0 Å². The summed E-state index contributed by atoms with van der Waals surface area (Å²) >= 11 is 5.92. The first-order valence-corrected chi connectivity index (χ1v) is 10.2. The van der Waals surface area contributed by atoms with Crippen molar-refractivity contribution in [3.8, 4) is 0 Å². The number of benzene rings is 1. The molecule has 0 aliphatic carbocycles. The van der Waals surface area contributed by atoms with Gasteiger partial charge in [-0.25, -0.2) is 4.79 Å². The Kier molecular flexibility index (Phi) is 5.97. The molecule has 7 nitrogen and oxygen atoms in total. The quantitative estimate of drug-likeness (QED) is 0.754. The number of amides is 3. The van der Waals surface area contributed by atoms with Gasteiger partial charge in [0, 0.05) is 68.9 Å². The van der Waals surface area contributed by atoms with Crippen LogP contribution in [-0.2, 0) is 11.3 Å². The van der Waals surface area contributed by atoms with Crippen LogP contribution in [0.2, 0.25) is 5.02 Å². The van der Waals surface area contributed by atoms with E-state index in [1.807, 2.05) is 29.3 Å². The predicted molar refractivity (Wildman–Crippen MR) is 112 cm³/mol. The molecule has 0 radical (unpaired) electrons. The minimum atomic E-state index is -0.129. The highest BCUT2D eigenvalue weighted by atomic mass is 35.5. The molecule has 2 aliphatic heterocycles. The number of hydrogen-bond acceptors (Lipinski definition) is 4. The minimum Gasteiger partial charge on any atom is -0.339 e. The van der Waals surface area contributed by atoms with Crippen molar-refractivity contribution in [2.45, 2.75) is 6.54 Å². The molecule has 4 rings (SSSR count). The lowest BCUT2D eigenvalue weighted by Crippen LogP contribution is -2.51. The van der Waals surface area contributed by atoms with Crippen molar-refractivity contribution in [2.75, 3.05) is 50.7 Å². The van der Waals surface area contributed by atoms with Gasteiger partial charge in [0.25, 0.3) is 0 Å². The summed E-state index contributed by atoms with van der Waals surface area (Å²) in [5, 5.41) is 0.634. The molecule has 2 aliphatic rings. The molecule has 0 spiro atoms. The average molecular weight is 414 g/mol. The number of piperazine rings is 1. The van der Waals surface area contributed by atoms with Gasteiger partial charge in [0.2, 0.25) is 5.91 Å². The van der Waals surface area contributed by atoms with E-state index in [2.05, 4.69) is 16.0 Å². The molecule has 2 saturated heterocycles. The van der Waals surface area contributed by atoms with Crippen molar-refractivity contribution < 1.29 is 9.59 Å². The maximum atomic E-state index is 12.7. The molecule has 0 atom stereocenters. The van der Waals surface area contributed by atoms with Gasteiger partial charge in [0.1, 0.15) is 6.54 Å². The summed E-state index contributed by atoms with van der Waals surface area (Å²) in [6.07, 6.45) is 3.65. The Balaban J connectivity index is 1.27. The largest absolute Gasteiger partial charge is 0.339 e. The van der Waals surface area contributed by atoms with E-state index >= 15 is 0 Å². The van der Waals surface area contributed by atoms with Crippen LogP contribution in [-0.4, -0.2) is 77.4 Å². The van der Waals surface area contributed by atoms with Gasteiger partial charge < -0.3 is 9.80 Å². The molecule has 152 valence electrons. The number of aromatic nitrogens is 1. The first-order valence-electron chi connectivity index (χ1n) is 9.81. The van der Waals surface area contributed by atoms with Gasteiger partial charge in [0.05, 0.1) is 0 Å². The standard InChI is InChI=1S/C21H24ClN5O2/c22-18-3-5-19(6-4-18)27-13-12-26(21(27)29)16-20(28)25-10-8-24(9-11-25)15-17-2-1-7-23-14-17/h1-7,14H,8-13,15-16H2. The topological polar surface area (TPSA) is 60.0 Å². The third kappa shape index (κ3) is 4.68. The van der Waals surface area contributed by atoms with E-state index < -0.39 is 0 Å². The Morgan fingerprint density at radius 2 is 1.76 bits per heavy atom. The van der Waals surface area contributed by atoms with Crippen LogP contribution in [0.15, 0.2) is 48.8 Å². The zero-order valence-corrected chi connectivity index (χ0v) is 17.0. The van der Waals surface area contributed by atoms with E-state index in [-0.39, 0.29) is 18.5 Å². The molecule has 0 saturated carbocycles. The van der Waals surface area contributed by atoms with Crippen molar-refractivity contribution >= 4 is 29.2 Å². The summed E-state index contributed by atoms with van der Waals surface area (Å²) in [5.74, 6) is 0.0114. The van der Waals surface area contributed by atoms with Crippen LogP contribution < -0.4 is 4.90 Å². The summed E-state index contributed by atoms with van der Waals surface area (Å²) in [4.78, 5) is 37.1. The van der Waals surface area contributed by atoms with Crippen LogP contribution in [0.25, 0.3) is 0 Å². The lowest BCUT2D eigenvalue weighted by atomic mass is 10.2. The number of anilines is 1. The highest BCUT2D eigenvalue weighted by molar-refractivity contribution is 6.30. The third-order valence-corrected chi connectivity index (χ3v) is 5.67. The Labute approximate surface area is 175 Å². The van der Waals surface area contributed by atoms with Gasteiger partial charge in [-0.05, 0) is 35.9 Å². The minimum absolute atomic E-state index is 0.0114. The van der Waals surface area contributed by atoms with Crippen molar-refractivity contribution in [1.82, 2.24) is 19.7 Å². The summed E-state index contributed by atoms with van der Waals surface area (Å²) < 4.78 is 0. The average Bonchev–Trinajstić information content (AvgIpc) is 3.10. The molecule has 2 aromatic rings. The normalized spacial score (nSPS) is 17.8. The molecule has 0 N–H and O–H groups in total. The zero-order chi connectivity index (χ0) is 20.2. The lowest BCUT2D eigenvalue weighted by molar-refractivity contribution is -0.133. The van der Waals surface area contributed by atoms with Crippen LogP contribution in [0.5, 0.6) is 0 Å². The number of hydrogen-bond donors (Lipinski definition) is 0. The van der Waals surface area contributed by atoms with E-state index in [4.69, 9.17) is 11.6 Å². The van der Waals surface area contributed by atoms with E-state index in [0.29, 0.717) is 31.2 Å². The number of urea groups is 1. The third-order valence-electron chi connectivity index (χ3n) is 5.41. The van der Waals surface area contributed by atoms with Gasteiger partial charge in [-0.2, -0.15) is 0 Å². The Hall–Kier alpha value is -2.64. The van der Waals surface area contributed by atoms with Gasteiger partial charge in [-0.1, -0.05) is 17.7 Å². The number of carbonyl (C=O) groups is 2. The zero-order valence-electron chi connectivity index (χ0n) is 16.2. The smallest absolute Gasteiger partial charge is 0.325 e. The summed E-state index contributed by atoms with van der Waals surface area (Å²) in [6, 6.07) is 11.1. The Bertz CT molecular complexity index is 853. The van der Waals surface area contributed by atoms with Crippen LogP contribution >= 0.6 is 11.6 Å². The lowest BCUT2D eigenvalue weighted by Gasteiger charge is -2.35. The molecule has 3 heterocycles. The monoisotopic (exact) mass is 413 g/mol. The number of carbonyl (C=O) groups excluding carboxylic acids is 2. The molecular weight excluding hydrogens is 390 g/mol. The maximum absolute atomic E-state index is 12.7. The predicted octanol–water partition coefficient (Wildman–Crippen LogP) is 2.32. The maximum Gasteiger partial charge on any atom is 0.325 e. The Morgan fingerprint density at radius 3 is 2.45 bits per heavy atom. The number of nitrogens with zero attached hydrogens (tertiary/aromatic N) is 5. The molecule has 8 heteroatoms. The van der Waals surface area contributed by atoms with Crippen LogP contribution in [0.1, 0.15) is 5.56 Å². The number of pyridine rings is 1. The first-order chi connectivity index (χ1) is 14.1. The van der Waals surface area contributed by atoms with Gasteiger partial charge in [-0.3, -0.25) is 19.6 Å². The van der Waals surface area contributed by atoms with Crippen LogP contribution in [0.4, 0.5) is 10.5 Å². The van der Waals surface area contributed by atoms with Crippen molar-refractivity contribution in [3.05, 3.63) is 59.4 Å². The van der Waals surface area contributed by atoms with Crippen LogP contribution in [0, 0.1) is 0 Å². The molecule has 3 amide bonds. The molecule has 1 aromatic heterocycles. The first kappa shape index (κ1) is 19.7. The summed E-state index contributed by atoms with van der Waals surface area (Å²) in [5.41, 5.74) is 1.98. The molecule has 1 aromatic carbocycles. The fourth-order valence-corrected chi connectivity index (χ4v) is 3.88. The summed E-state index contributed by atoms with van der Waals surface area (Å²) in [6.45, 7) is 5.11. The summed E-state index contributed by atoms with van der Waals surface area (Å²) in [7, 11) is 0. The second kappa shape index (κ2) is 8.80. The van der Waals surface area contributed by atoms with Gasteiger partial charge >= 0.3 is 6.03 Å². The van der Waals surface area contributed by atoms with E-state index in [1.165, 1.54) is 5.56 Å². The molecular formula is C21H24ClN5O2. The van der Waals surface area contributed by atoms with Gasteiger partial charge in [0.15, 0.2) is 0 Å². The Morgan fingerprint density at radius 1 is 1.00 bits per heavy atom. The number of rotatable bonds is 5. The van der Waals surface area contributed by atoms with Gasteiger partial charge in [-0.15, -0.1) is 0 Å². The second-order valence-corrected chi connectivity index (χ2v) is 7.79. The molecule has 29 heavy (non-hydrogen) atoms. The van der Waals surface area contributed by atoms with Crippen molar-refractivity contribution in [3.63, 3.8) is 0 Å². The highest BCUT2D eigenvalue weighted by Gasteiger charge is 2.32. The fourth-order valence-electron chi connectivity index (χ4n) is 3.76. The second-order valence-electron chi connectivity index (χ2n) is 7.35.